The van der Waals surface area contributed by atoms with Gasteiger partial charge in [0.2, 0.25) is 0 Å². The molecule has 1 amide bonds. The van der Waals surface area contributed by atoms with E-state index in [0.29, 0.717) is 16.9 Å². The molecule has 0 aliphatic rings. The second-order valence-electron chi connectivity index (χ2n) is 6.20. The number of carbonyl (C=O) groups is 1. The Morgan fingerprint density at radius 2 is 1.70 bits per heavy atom. The summed E-state index contributed by atoms with van der Waals surface area (Å²) in [6, 6.07) is 22.7. The van der Waals surface area contributed by atoms with Gasteiger partial charge in [-0.2, -0.15) is 4.99 Å². The normalized spacial score (nSPS) is 11.5. The zero-order valence-corrected chi connectivity index (χ0v) is 14.8. The van der Waals surface area contributed by atoms with Crippen LogP contribution in [0.2, 0.25) is 0 Å². The highest BCUT2D eigenvalue weighted by Gasteiger charge is 2.08. The minimum Gasteiger partial charge on any atom is -0.337 e. The average molecular weight is 354 g/mol. The number of nitrogens with zero attached hydrogens (tertiary/aromatic N) is 3. The molecule has 1 N–H and O–H groups in total. The lowest BCUT2D eigenvalue weighted by atomic mass is 10.2. The van der Waals surface area contributed by atoms with Gasteiger partial charge in [-0.1, -0.05) is 42.0 Å². The maximum Gasteiger partial charge on any atom is 0.279 e. The van der Waals surface area contributed by atoms with E-state index in [4.69, 9.17) is 0 Å². The molecule has 2 aromatic heterocycles. The van der Waals surface area contributed by atoms with Gasteiger partial charge in [0.1, 0.15) is 0 Å². The van der Waals surface area contributed by atoms with Gasteiger partial charge in [0.05, 0.1) is 11.7 Å². The monoisotopic (exact) mass is 354 g/mol. The lowest BCUT2D eigenvalue weighted by Gasteiger charge is -2.09. The number of carbonyl (C=O) groups excluding carboxylic acids is 1. The molecule has 0 radical (unpaired) electrons. The number of anilines is 2. The SMILES string of the molecule is Cc1ccc(Nc2ncc3ccccn3c2=NC(=O)c2ccccc2)cc1. The molecule has 132 valence electrons. The highest BCUT2D eigenvalue weighted by atomic mass is 16.1. The van der Waals surface area contributed by atoms with Crippen LogP contribution >= 0.6 is 0 Å². The number of fused-ring (bicyclic) bond motifs is 1. The van der Waals surface area contributed by atoms with Crippen molar-refractivity contribution in [3.8, 4) is 0 Å². The average Bonchev–Trinajstić information content (AvgIpc) is 2.72. The van der Waals surface area contributed by atoms with E-state index in [2.05, 4.69) is 15.3 Å². The summed E-state index contributed by atoms with van der Waals surface area (Å²) in [5.74, 6) is 0.208. The zero-order valence-electron chi connectivity index (χ0n) is 14.8. The first kappa shape index (κ1) is 16.7. The summed E-state index contributed by atoms with van der Waals surface area (Å²) in [5.41, 5.74) is 3.90. The molecule has 0 aliphatic heterocycles. The smallest absolute Gasteiger partial charge is 0.279 e. The second-order valence-corrected chi connectivity index (χ2v) is 6.20. The summed E-state index contributed by atoms with van der Waals surface area (Å²) in [4.78, 5) is 21.5. The number of benzene rings is 2. The molecule has 5 nitrogen and oxygen atoms in total. The molecule has 5 heteroatoms. The van der Waals surface area contributed by atoms with Gasteiger partial charge < -0.3 is 5.32 Å². The maximum absolute atomic E-state index is 12.7. The van der Waals surface area contributed by atoms with Crippen molar-refractivity contribution in [1.82, 2.24) is 9.38 Å². The fraction of sp³-hybridized carbons (Fsp3) is 0.0455. The largest absolute Gasteiger partial charge is 0.337 e. The Balaban J connectivity index is 1.86. The lowest BCUT2D eigenvalue weighted by molar-refractivity contribution is 0.0997. The minimum absolute atomic E-state index is 0.312. The fourth-order valence-corrected chi connectivity index (χ4v) is 2.77. The second kappa shape index (κ2) is 7.25. The number of aryl methyl sites for hydroxylation is 1. The lowest BCUT2D eigenvalue weighted by Crippen LogP contribution is -2.22. The van der Waals surface area contributed by atoms with Gasteiger partial charge in [-0.25, -0.2) is 4.98 Å². The van der Waals surface area contributed by atoms with Crippen LogP contribution in [-0.2, 0) is 0 Å². The zero-order chi connectivity index (χ0) is 18.6. The minimum atomic E-state index is -0.312. The van der Waals surface area contributed by atoms with Crippen LogP contribution in [0.3, 0.4) is 0 Å². The Hall–Kier alpha value is -3.73. The summed E-state index contributed by atoms with van der Waals surface area (Å²) in [6.45, 7) is 2.03. The van der Waals surface area contributed by atoms with Crippen molar-refractivity contribution in [3.63, 3.8) is 0 Å². The van der Waals surface area contributed by atoms with Crippen molar-refractivity contribution in [2.75, 3.05) is 5.32 Å². The first-order valence-corrected chi connectivity index (χ1v) is 8.65. The molecule has 0 spiro atoms. The van der Waals surface area contributed by atoms with Crippen LogP contribution in [0.1, 0.15) is 15.9 Å². The fourth-order valence-electron chi connectivity index (χ4n) is 2.77. The van der Waals surface area contributed by atoms with Crippen molar-refractivity contribution in [1.29, 1.82) is 0 Å². The quantitative estimate of drug-likeness (QED) is 0.602. The molecule has 0 saturated heterocycles. The molecule has 4 rings (SSSR count). The van der Waals surface area contributed by atoms with Crippen LogP contribution in [0.5, 0.6) is 0 Å². The van der Waals surface area contributed by atoms with Gasteiger partial charge in [0, 0.05) is 17.4 Å². The van der Waals surface area contributed by atoms with Crippen LogP contribution < -0.4 is 10.8 Å². The number of hydrogen-bond donors (Lipinski definition) is 1. The van der Waals surface area contributed by atoms with E-state index in [1.165, 1.54) is 5.56 Å². The highest BCUT2D eigenvalue weighted by molar-refractivity contribution is 5.95. The van der Waals surface area contributed by atoms with Crippen LogP contribution in [0.15, 0.2) is 90.2 Å². The molecule has 2 heterocycles. The first-order valence-electron chi connectivity index (χ1n) is 8.65. The van der Waals surface area contributed by atoms with E-state index in [-0.39, 0.29) is 5.91 Å². The van der Waals surface area contributed by atoms with Crippen molar-refractivity contribution in [2.45, 2.75) is 6.92 Å². The maximum atomic E-state index is 12.7. The molecule has 0 unspecified atom stereocenters. The Morgan fingerprint density at radius 3 is 2.48 bits per heavy atom. The third-order valence-corrected chi connectivity index (χ3v) is 4.20. The molecule has 0 atom stereocenters. The van der Waals surface area contributed by atoms with E-state index in [1.807, 2.05) is 78.2 Å². The summed E-state index contributed by atoms with van der Waals surface area (Å²) in [5, 5.41) is 3.27. The summed E-state index contributed by atoms with van der Waals surface area (Å²) >= 11 is 0. The highest BCUT2D eigenvalue weighted by Crippen LogP contribution is 2.13. The van der Waals surface area contributed by atoms with Crippen LogP contribution in [-0.4, -0.2) is 15.3 Å². The predicted molar refractivity (Wildman–Crippen MR) is 106 cm³/mol. The predicted octanol–water partition coefficient (Wildman–Crippen LogP) is 4.13. The molecule has 4 aromatic rings. The van der Waals surface area contributed by atoms with Crippen molar-refractivity contribution in [3.05, 3.63) is 102 Å². The third kappa shape index (κ3) is 3.62. The molecule has 0 saturated carbocycles. The number of rotatable bonds is 3. The van der Waals surface area contributed by atoms with E-state index in [0.717, 1.165) is 11.2 Å². The van der Waals surface area contributed by atoms with Gasteiger partial charge >= 0.3 is 0 Å². The summed E-state index contributed by atoms with van der Waals surface area (Å²) < 4.78 is 1.85. The van der Waals surface area contributed by atoms with Crippen LogP contribution in [0.25, 0.3) is 5.52 Å². The van der Waals surface area contributed by atoms with E-state index >= 15 is 0 Å². The number of nitrogens with one attached hydrogen (secondary N) is 1. The molecular weight excluding hydrogens is 336 g/mol. The summed E-state index contributed by atoms with van der Waals surface area (Å²) in [7, 11) is 0. The number of hydrogen-bond acceptors (Lipinski definition) is 3. The van der Waals surface area contributed by atoms with Gasteiger partial charge in [0.15, 0.2) is 11.3 Å². The summed E-state index contributed by atoms with van der Waals surface area (Å²) in [6.07, 6.45) is 3.62. The molecule has 0 aliphatic carbocycles. The number of pyridine rings is 1. The Morgan fingerprint density at radius 1 is 0.963 bits per heavy atom. The van der Waals surface area contributed by atoms with Crippen molar-refractivity contribution in [2.24, 2.45) is 4.99 Å². The Bertz CT molecular complexity index is 1160. The molecule has 0 bridgehead atoms. The van der Waals surface area contributed by atoms with E-state index in [1.54, 1.807) is 18.3 Å². The van der Waals surface area contributed by atoms with Gasteiger partial charge in [0.25, 0.3) is 5.91 Å². The van der Waals surface area contributed by atoms with E-state index < -0.39 is 0 Å². The van der Waals surface area contributed by atoms with Crippen LogP contribution in [0, 0.1) is 6.92 Å². The molecule has 2 aromatic carbocycles. The number of amides is 1. The van der Waals surface area contributed by atoms with Crippen molar-refractivity contribution < 1.29 is 4.79 Å². The van der Waals surface area contributed by atoms with Crippen LogP contribution in [0.4, 0.5) is 11.5 Å². The molecule has 27 heavy (non-hydrogen) atoms. The van der Waals surface area contributed by atoms with Gasteiger partial charge in [-0.3, -0.25) is 9.20 Å². The topological polar surface area (TPSA) is 58.8 Å². The van der Waals surface area contributed by atoms with Crippen molar-refractivity contribution >= 4 is 22.9 Å². The van der Waals surface area contributed by atoms with Gasteiger partial charge in [-0.15, -0.1) is 0 Å². The molecular formula is C22H18N4O. The molecule has 0 fully saturated rings. The van der Waals surface area contributed by atoms with E-state index in [9.17, 15) is 4.79 Å². The van der Waals surface area contributed by atoms with Gasteiger partial charge in [-0.05, 0) is 43.3 Å². The third-order valence-electron chi connectivity index (χ3n) is 4.20. The number of aromatic nitrogens is 2. The Kier molecular flexibility index (Phi) is 4.49. The standard InChI is InChI=1S/C22H18N4O/c1-16-10-12-18(13-11-16)24-20-21(25-22(27)17-7-3-2-4-8-17)26-14-6-5-9-19(26)15-23-20/h2-15H,1H3,(H,23,24). The first-order chi connectivity index (χ1) is 13.2. The Labute approximate surface area is 156 Å².